The topological polar surface area (TPSA) is 116 Å². The summed E-state index contributed by atoms with van der Waals surface area (Å²) in [6.07, 6.45) is -15.1. The summed E-state index contributed by atoms with van der Waals surface area (Å²) >= 11 is 0. The summed E-state index contributed by atoms with van der Waals surface area (Å²) in [7, 11) is -10.3. The monoisotopic (exact) mass is 578 g/mol. The fraction of sp³-hybridized carbons (Fsp3) is 0.429. The molecule has 0 bridgehead atoms. The molecule has 37 heavy (non-hydrogen) atoms. The van der Waals surface area contributed by atoms with Crippen LogP contribution < -0.4 is 0 Å². The van der Waals surface area contributed by atoms with Crippen molar-refractivity contribution in [3.05, 3.63) is 59.7 Å². The third kappa shape index (κ3) is 6.09. The minimum Gasteiger partial charge on any atom is -0.385 e. The van der Waals surface area contributed by atoms with Gasteiger partial charge >= 0.3 is 12.4 Å². The van der Waals surface area contributed by atoms with Crippen LogP contribution in [0.15, 0.2) is 58.3 Å². The van der Waals surface area contributed by atoms with Crippen molar-refractivity contribution in [3.8, 4) is 0 Å². The predicted molar refractivity (Wildman–Crippen MR) is 113 cm³/mol. The van der Waals surface area contributed by atoms with Gasteiger partial charge in [-0.3, -0.25) is 8.37 Å². The lowest BCUT2D eigenvalue weighted by Crippen LogP contribution is -2.48. The number of halogens is 6. The van der Waals surface area contributed by atoms with Gasteiger partial charge in [0.25, 0.3) is 20.2 Å². The molecule has 8 nitrogen and oxygen atoms in total. The Labute approximate surface area is 208 Å². The van der Waals surface area contributed by atoms with Gasteiger partial charge in [0.15, 0.2) is 0 Å². The molecule has 16 heteroatoms. The minimum absolute atomic E-state index is 0.493. The molecule has 3 rings (SSSR count). The summed E-state index contributed by atoms with van der Waals surface area (Å²) < 4.78 is 145. The van der Waals surface area contributed by atoms with E-state index < -0.39 is 84.0 Å². The van der Waals surface area contributed by atoms with Crippen LogP contribution >= 0.6 is 0 Å². The molecule has 1 aliphatic heterocycles. The molecule has 1 fully saturated rings. The number of hydrogen-bond acceptors (Lipinski definition) is 8. The molecular weight excluding hydrogens is 558 g/mol. The summed E-state index contributed by atoms with van der Waals surface area (Å²) in [4.78, 5) is -2.51. The number of hydrogen-bond donors (Lipinski definition) is 1. The lowest BCUT2D eigenvalue weighted by Gasteiger charge is -2.28. The van der Waals surface area contributed by atoms with Gasteiger partial charge in [-0.1, -0.05) is 24.3 Å². The molecule has 0 spiro atoms. The third-order valence-corrected chi connectivity index (χ3v) is 8.35. The van der Waals surface area contributed by atoms with Crippen LogP contribution in [0, 0.1) is 0 Å². The number of rotatable bonds is 7. The molecule has 1 saturated heterocycles. The molecule has 206 valence electrons. The summed E-state index contributed by atoms with van der Waals surface area (Å²) in [5.74, 6) is 0. The van der Waals surface area contributed by atoms with Crippen LogP contribution in [-0.2, 0) is 45.7 Å². The summed E-state index contributed by atoms with van der Waals surface area (Å²) in [6, 6.07) is 6.17. The molecule has 0 amide bonds. The van der Waals surface area contributed by atoms with E-state index in [0.717, 1.165) is 31.2 Å². The van der Waals surface area contributed by atoms with Crippen LogP contribution in [0.5, 0.6) is 0 Å². The molecule has 0 aromatic heterocycles. The first-order valence-electron chi connectivity index (χ1n) is 10.3. The number of ether oxygens (including phenoxy) is 1. The van der Waals surface area contributed by atoms with Gasteiger partial charge < -0.3 is 9.84 Å². The average Bonchev–Trinajstić information content (AvgIpc) is 2.99. The Bertz CT molecular complexity index is 1350. The largest absolute Gasteiger partial charge is 0.417 e. The van der Waals surface area contributed by atoms with E-state index in [-0.39, 0.29) is 0 Å². The first kappa shape index (κ1) is 29.3. The van der Waals surface area contributed by atoms with E-state index >= 15 is 0 Å². The van der Waals surface area contributed by atoms with E-state index in [2.05, 4.69) is 4.18 Å². The SMILES string of the molecule is C[C@@H]1O[C@H](COS(=O)(=O)c2ccccc2C(F)(F)F)[C@@H](OS(=O)(=O)c2ccccc2C(F)(F)F)[C@]1(C)O. The van der Waals surface area contributed by atoms with Crippen LogP contribution in [0.3, 0.4) is 0 Å². The molecule has 1 N–H and O–H groups in total. The van der Waals surface area contributed by atoms with E-state index in [1.54, 1.807) is 0 Å². The van der Waals surface area contributed by atoms with Crippen LogP contribution in [0.25, 0.3) is 0 Å². The van der Waals surface area contributed by atoms with Crippen molar-refractivity contribution in [3.63, 3.8) is 0 Å². The van der Waals surface area contributed by atoms with Crippen molar-refractivity contribution in [2.45, 2.75) is 59.9 Å². The van der Waals surface area contributed by atoms with Crippen LogP contribution in [0.2, 0.25) is 0 Å². The zero-order valence-corrected chi connectivity index (χ0v) is 20.6. The second-order valence-electron chi connectivity index (χ2n) is 8.24. The first-order valence-corrected chi connectivity index (χ1v) is 13.1. The van der Waals surface area contributed by atoms with Crippen LogP contribution in [-0.4, -0.2) is 52.5 Å². The van der Waals surface area contributed by atoms with Gasteiger partial charge in [-0.25, -0.2) is 0 Å². The third-order valence-electron chi connectivity index (χ3n) is 5.66. The molecule has 0 radical (unpaired) electrons. The van der Waals surface area contributed by atoms with E-state index in [9.17, 15) is 48.3 Å². The standard InChI is InChI=1S/C21H20F6O8S2/c1-12-19(2,28)18(35-37(31,32)17-10-6-4-8-14(17)21(25,26)27)15(34-12)11-33-36(29,30)16-9-5-3-7-13(16)20(22,23)24/h3-10,12,15,18,28H,11H2,1-2H3/t12-,15+,18+,19+/m0/s1. The second kappa shape index (κ2) is 9.81. The first-order chi connectivity index (χ1) is 16.8. The molecule has 1 heterocycles. The van der Waals surface area contributed by atoms with Crippen LogP contribution in [0.4, 0.5) is 26.3 Å². The highest BCUT2D eigenvalue weighted by Gasteiger charge is 2.54. The van der Waals surface area contributed by atoms with Gasteiger partial charge in [-0.2, -0.15) is 43.2 Å². The maximum atomic E-state index is 13.4. The number of aliphatic hydroxyl groups is 1. The minimum atomic E-state index is -5.23. The van der Waals surface area contributed by atoms with Gasteiger partial charge in [0.1, 0.15) is 27.6 Å². The predicted octanol–water partition coefficient (Wildman–Crippen LogP) is 3.74. The lowest BCUT2D eigenvalue weighted by molar-refractivity contribution is -0.140. The second-order valence-corrected chi connectivity index (χ2v) is 11.4. The van der Waals surface area contributed by atoms with Crippen LogP contribution in [0.1, 0.15) is 25.0 Å². The Hall–Kier alpha value is -2.24. The summed E-state index contributed by atoms with van der Waals surface area (Å²) in [5.41, 5.74) is -5.27. The number of alkyl halides is 6. The van der Waals surface area contributed by atoms with E-state index in [1.807, 2.05) is 0 Å². The number of benzene rings is 2. The molecule has 2 aromatic rings. The van der Waals surface area contributed by atoms with E-state index in [4.69, 9.17) is 8.92 Å². The smallest absolute Gasteiger partial charge is 0.385 e. The fourth-order valence-corrected chi connectivity index (χ4v) is 6.14. The highest BCUT2D eigenvalue weighted by molar-refractivity contribution is 7.87. The maximum Gasteiger partial charge on any atom is 0.417 e. The summed E-state index contributed by atoms with van der Waals surface area (Å²) in [5, 5.41) is 10.7. The average molecular weight is 579 g/mol. The Morgan fingerprint density at radius 1 is 0.865 bits per heavy atom. The maximum absolute atomic E-state index is 13.4. The summed E-state index contributed by atoms with van der Waals surface area (Å²) in [6.45, 7) is 1.14. The van der Waals surface area contributed by atoms with Gasteiger partial charge in [0, 0.05) is 0 Å². The van der Waals surface area contributed by atoms with Crippen molar-refractivity contribution < 1.29 is 61.4 Å². The Morgan fingerprint density at radius 2 is 1.30 bits per heavy atom. The molecule has 1 aliphatic rings. The Kier molecular flexibility index (Phi) is 7.78. The highest BCUT2D eigenvalue weighted by atomic mass is 32.2. The molecular formula is C21H20F6O8S2. The highest BCUT2D eigenvalue weighted by Crippen LogP contribution is 2.39. The van der Waals surface area contributed by atoms with Crippen molar-refractivity contribution in [2.75, 3.05) is 6.61 Å². The van der Waals surface area contributed by atoms with Gasteiger partial charge in [0.05, 0.1) is 23.8 Å². The molecule has 0 unspecified atom stereocenters. The van der Waals surface area contributed by atoms with Crippen molar-refractivity contribution >= 4 is 20.2 Å². The van der Waals surface area contributed by atoms with E-state index in [0.29, 0.717) is 24.3 Å². The molecule has 4 atom stereocenters. The van der Waals surface area contributed by atoms with Crippen molar-refractivity contribution in [2.24, 2.45) is 0 Å². The fourth-order valence-electron chi connectivity index (χ4n) is 3.61. The van der Waals surface area contributed by atoms with Gasteiger partial charge in [0.2, 0.25) is 0 Å². The molecule has 0 saturated carbocycles. The quantitative estimate of drug-likeness (QED) is 0.390. The Morgan fingerprint density at radius 3 is 1.76 bits per heavy atom. The zero-order chi connectivity index (χ0) is 28.0. The van der Waals surface area contributed by atoms with Crippen molar-refractivity contribution in [1.82, 2.24) is 0 Å². The van der Waals surface area contributed by atoms with E-state index in [1.165, 1.54) is 6.92 Å². The zero-order valence-electron chi connectivity index (χ0n) is 18.9. The molecule has 0 aliphatic carbocycles. The van der Waals surface area contributed by atoms with Crippen molar-refractivity contribution in [1.29, 1.82) is 0 Å². The Balaban J connectivity index is 1.92. The van der Waals surface area contributed by atoms with Gasteiger partial charge in [-0.05, 0) is 38.1 Å². The normalized spacial score (nSPS) is 25.4. The van der Waals surface area contributed by atoms with Gasteiger partial charge in [-0.15, -0.1) is 0 Å². The lowest BCUT2D eigenvalue weighted by atomic mass is 9.94. The molecule has 2 aromatic carbocycles.